The number of methoxy groups -OCH3 is 2. The van der Waals surface area contributed by atoms with Gasteiger partial charge in [-0.25, -0.2) is 4.79 Å². The van der Waals surface area contributed by atoms with Gasteiger partial charge in [0.15, 0.2) is 6.61 Å². The van der Waals surface area contributed by atoms with E-state index in [1.807, 2.05) is 0 Å². The average molecular weight is 422 g/mol. The number of thioether (sulfide) groups is 1. The molecule has 3 amide bonds. The predicted octanol–water partition coefficient (Wildman–Crippen LogP) is 1.43. The van der Waals surface area contributed by atoms with Crippen molar-refractivity contribution in [2.75, 3.05) is 40.5 Å². The average Bonchev–Trinajstić information content (AvgIpc) is 2.97. The lowest BCUT2D eigenvalue weighted by Gasteiger charge is -2.12. The van der Waals surface area contributed by atoms with Gasteiger partial charge in [0, 0.05) is 20.3 Å². The van der Waals surface area contributed by atoms with Crippen LogP contribution in [-0.2, 0) is 23.9 Å². The number of imide groups is 1. The number of nitrogens with one attached hydrogen (secondary N) is 1. The molecule has 0 spiro atoms. The molecule has 0 unspecified atom stereocenters. The zero-order valence-electron chi connectivity index (χ0n) is 16.1. The van der Waals surface area contributed by atoms with Gasteiger partial charge in [-0.05, 0) is 42.0 Å². The monoisotopic (exact) mass is 422 g/mol. The topological polar surface area (TPSA) is 111 Å². The molecule has 9 nitrogen and oxygen atoms in total. The van der Waals surface area contributed by atoms with Crippen molar-refractivity contribution in [2.24, 2.45) is 0 Å². The number of carbonyl (C=O) groups excluding carboxylic acids is 4. The van der Waals surface area contributed by atoms with E-state index in [-0.39, 0.29) is 18.1 Å². The van der Waals surface area contributed by atoms with Crippen molar-refractivity contribution in [3.05, 3.63) is 34.7 Å². The molecule has 1 aliphatic heterocycles. The van der Waals surface area contributed by atoms with Crippen LogP contribution in [0.25, 0.3) is 6.08 Å². The minimum absolute atomic E-state index is 0.206. The van der Waals surface area contributed by atoms with Crippen LogP contribution in [0.5, 0.6) is 5.75 Å². The molecule has 1 aromatic rings. The molecule has 0 saturated carbocycles. The number of nitrogens with zero attached hydrogens (tertiary/aromatic N) is 1. The third-order valence-corrected chi connectivity index (χ3v) is 4.69. The van der Waals surface area contributed by atoms with E-state index in [4.69, 9.17) is 9.47 Å². The second kappa shape index (κ2) is 11.2. The minimum Gasteiger partial charge on any atom is -0.482 e. The van der Waals surface area contributed by atoms with Gasteiger partial charge in [0.1, 0.15) is 12.3 Å². The predicted molar refractivity (Wildman–Crippen MR) is 106 cm³/mol. The quantitative estimate of drug-likeness (QED) is 0.342. The summed E-state index contributed by atoms with van der Waals surface area (Å²) in [5, 5.41) is 2.15. The highest BCUT2D eigenvalue weighted by atomic mass is 32.2. The highest BCUT2D eigenvalue weighted by Crippen LogP contribution is 2.32. The lowest BCUT2D eigenvalue weighted by atomic mass is 10.2. The van der Waals surface area contributed by atoms with E-state index in [0.717, 1.165) is 16.7 Å². The van der Waals surface area contributed by atoms with Crippen LogP contribution in [0.4, 0.5) is 4.79 Å². The van der Waals surface area contributed by atoms with Crippen molar-refractivity contribution in [1.82, 2.24) is 10.2 Å². The van der Waals surface area contributed by atoms with Crippen LogP contribution in [0, 0.1) is 0 Å². The maximum Gasteiger partial charge on any atom is 0.343 e. The van der Waals surface area contributed by atoms with Gasteiger partial charge in [-0.2, -0.15) is 0 Å². The Morgan fingerprint density at radius 2 is 1.90 bits per heavy atom. The van der Waals surface area contributed by atoms with E-state index in [1.54, 1.807) is 37.5 Å². The Hall–Kier alpha value is -2.85. The number of hydrogen-bond acceptors (Lipinski definition) is 8. The molecular weight excluding hydrogens is 400 g/mol. The molecule has 0 bridgehead atoms. The van der Waals surface area contributed by atoms with E-state index in [1.165, 1.54) is 7.11 Å². The first-order valence-corrected chi connectivity index (χ1v) is 9.57. The molecule has 0 atom stereocenters. The molecule has 0 aliphatic carbocycles. The Labute approximate surface area is 172 Å². The van der Waals surface area contributed by atoms with E-state index in [9.17, 15) is 19.2 Å². The second-order valence-electron chi connectivity index (χ2n) is 5.90. The van der Waals surface area contributed by atoms with E-state index < -0.39 is 23.0 Å². The maximum atomic E-state index is 12.4. The van der Waals surface area contributed by atoms with E-state index in [0.29, 0.717) is 30.9 Å². The molecular formula is C19H22N2O7S. The summed E-state index contributed by atoms with van der Waals surface area (Å²) in [5.74, 6) is -0.953. The number of carbonyl (C=O) groups is 4. The first-order chi connectivity index (χ1) is 13.9. The standard InChI is InChI=1S/C19H22N2O7S/c1-26-9-3-8-20-16(22)11-21-18(24)15(29-19(21)25)10-13-4-6-14(7-5-13)28-12-17(23)27-2/h4-7,10H,3,8-9,11-12H2,1-2H3,(H,20,22)/b15-10-. The van der Waals surface area contributed by atoms with Gasteiger partial charge in [0.2, 0.25) is 5.91 Å². The van der Waals surface area contributed by atoms with Gasteiger partial charge in [-0.3, -0.25) is 19.3 Å². The summed E-state index contributed by atoms with van der Waals surface area (Å²) >= 11 is 0.778. The van der Waals surface area contributed by atoms with Crippen molar-refractivity contribution in [3.8, 4) is 5.75 Å². The molecule has 0 aromatic heterocycles. The molecule has 10 heteroatoms. The first kappa shape index (κ1) is 22.4. The summed E-state index contributed by atoms with van der Waals surface area (Å²) in [7, 11) is 2.84. The Morgan fingerprint density at radius 1 is 1.17 bits per heavy atom. The fraction of sp³-hybridized carbons (Fsp3) is 0.368. The smallest absolute Gasteiger partial charge is 0.343 e. The molecule has 156 valence electrons. The normalized spacial score (nSPS) is 15.0. The van der Waals surface area contributed by atoms with Crippen LogP contribution >= 0.6 is 11.8 Å². The lowest BCUT2D eigenvalue weighted by molar-refractivity contribution is -0.142. The fourth-order valence-electron chi connectivity index (χ4n) is 2.29. The second-order valence-corrected chi connectivity index (χ2v) is 6.89. The molecule has 2 rings (SSSR count). The van der Waals surface area contributed by atoms with Crippen molar-refractivity contribution in [2.45, 2.75) is 6.42 Å². The Kier molecular flexibility index (Phi) is 8.68. The summed E-state index contributed by atoms with van der Waals surface area (Å²) in [6.45, 7) is 0.387. The van der Waals surface area contributed by atoms with Gasteiger partial charge in [0.25, 0.3) is 11.1 Å². The van der Waals surface area contributed by atoms with Crippen molar-refractivity contribution < 1.29 is 33.4 Å². The summed E-state index contributed by atoms with van der Waals surface area (Å²) in [6.07, 6.45) is 2.20. The van der Waals surface area contributed by atoms with Crippen molar-refractivity contribution >= 4 is 40.9 Å². The zero-order valence-corrected chi connectivity index (χ0v) is 17.0. The van der Waals surface area contributed by atoms with Gasteiger partial charge in [-0.15, -0.1) is 0 Å². The number of benzene rings is 1. The molecule has 1 aliphatic rings. The molecule has 1 N–H and O–H groups in total. The summed E-state index contributed by atoms with van der Waals surface area (Å²) < 4.78 is 14.6. The highest BCUT2D eigenvalue weighted by Gasteiger charge is 2.36. The van der Waals surface area contributed by atoms with Crippen LogP contribution < -0.4 is 10.1 Å². The van der Waals surface area contributed by atoms with Crippen LogP contribution in [-0.4, -0.2) is 68.4 Å². The Morgan fingerprint density at radius 3 is 2.55 bits per heavy atom. The van der Waals surface area contributed by atoms with E-state index in [2.05, 4.69) is 10.1 Å². The Balaban J connectivity index is 1.93. The summed E-state index contributed by atoms with van der Waals surface area (Å²) in [6, 6.07) is 6.63. The SMILES string of the molecule is COCCCNC(=O)CN1C(=O)S/C(=C\c2ccc(OCC(=O)OC)cc2)C1=O. The number of rotatable bonds is 10. The van der Waals surface area contributed by atoms with Crippen LogP contribution in [0.1, 0.15) is 12.0 Å². The van der Waals surface area contributed by atoms with Crippen molar-refractivity contribution in [1.29, 1.82) is 0 Å². The highest BCUT2D eigenvalue weighted by molar-refractivity contribution is 8.18. The van der Waals surface area contributed by atoms with Crippen LogP contribution in [0.15, 0.2) is 29.2 Å². The van der Waals surface area contributed by atoms with Crippen LogP contribution in [0.2, 0.25) is 0 Å². The first-order valence-electron chi connectivity index (χ1n) is 8.75. The van der Waals surface area contributed by atoms with Gasteiger partial charge >= 0.3 is 5.97 Å². The van der Waals surface area contributed by atoms with E-state index >= 15 is 0 Å². The number of amides is 3. The molecule has 1 heterocycles. The molecule has 1 aromatic carbocycles. The lowest BCUT2D eigenvalue weighted by Crippen LogP contribution is -2.39. The van der Waals surface area contributed by atoms with Gasteiger partial charge < -0.3 is 19.5 Å². The fourth-order valence-corrected chi connectivity index (χ4v) is 3.13. The molecule has 1 fully saturated rings. The Bertz CT molecular complexity index is 792. The summed E-state index contributed by atoms with van der Waals surface area (Å²) in [5.41, 5.74) is 0.671. The van der Waals surface area contributed by atoms with Crippen molar-refractivity contribution in [3.63, 3.8) is 0 Å². The summed E-state index contributed by atoms with van der Waals surface area (Å²) in [4.78, 5) is 48.7. The maximum absolute atomic E-state index is 12.4. The van der Waals surface area contributed by atoms with Gasteiger partial charge in [-0.1, -0.05) is 12.1 Å². The molecule has 0 radical (unpaired) electrons. The third-order valence-electron chi connectivity index (χ3n) is 3.78. The molecule has 1 saturated heterocycles. The zero-order chi connectivity index (χ0) is 21.2. The van der Waals surface area contributed by atoms with Crippen LogP contribution in [0.3, 0.4) is 0 Å². The number of esters is 1. The van der Waals surface area contributed by atoms with Gasteiger partial charge in [0.05, 0.1) is 12.0 Å². The third kappa shape index (κ3) is 6.91. The number of ether oxygens (including phenoxy) is 3. The largest absolute Gasteiger partial charge is 0.482 e. The molecule has 29 heavy (non-hydrogen) atoms. The minimum atomic E-state index is -0.516. The number of hydrogen-bond donors (Lipinski definition) is 1.